The third-order valence-corrected chi connectivity index (χ3v) is 3.39. The minimum atomic E-state index is -1.15. The van der Waals surface area contributed by atoms with Crippen LogP contribution in [-0.2, 0) is 4.79 Å². The first kappa shape index (κ1) is 16.6. The summed E-state index contributed by atoms with van der Waals surface area (Å²) in [6, 6.07) is 10.6. The molecule has 0 saturated heterocycles. The predicted molar refractivity (Wildman–Crippen MR) is 86.9 cm³/mol. The van der Waals surface area contributed by atoms with Gasteiger partial charge in [-0.15, -0.1) is 0 Å². The third-order valence-electron chi connectivity index (χ3n) is 3.15. The van der Waals surface area contributed by atoms with Crippen molar-refractivity contribution < 1.29 is 24.5 Å². The summed E-state index contributed by atoms with van der Waals surface area (Å²) >= 11 is 5.94. The second-order valence-electron chi connectivity index (χ2n) is 4.63. The van der Waals surface area contributed by atoms with Crippen LogP contribution in [-0.4, -0.2) is 29.3 Å². The van der Waals surface area contributed by atoms with Crippen LogP contribution in [0.3, 0.4) is 0 Å². The van der Waals surface area contributed by atoms with Crippen molar-refractivity contribution in [3.05, 3.63) is 64.2 Å². The number of hydrogen-bond donors (Lipinski definition) is 2. The van der Waals surface area contributed by atoms with Crippen LogP contribution in [0.25, 0.3) is 11.6 Å². The highest BCUT2D eigenvalue weighted by Crippen LogP contribution is 2.30. The Morgan fingerprint density at radius 1 is 1.09 bits per heavy atom. The molecule has 0 aliphatic rings. The Kier molecular flexibility index (Phi) is 5.03. The molecule has 2 N–H and O–H groups in total. The highest BCUT2D eigenvalue weighted by Gasteiger charge is 2.16. The minimum Gasteiger partial charge on any atom is -0.496 e. The summed E-state index contributed by atoms with van der Waals surface area (Å²) in [5.41, 5.74) is 1.01. The summed E-state index contributed by atoms with van der Waals surface area (Å²) in [6.45, 7) is 0. The summed E-state index contributed by atoms with van der Waals surface area (Å²) in [5.74, 6) is -1.81. The van der Waals surface area contributed by atoms with Gasteiger partial charge in [-0.3, -0.25) is 0 Å². The molecule has 118 valence electrons. The van der Waals surface area contributed by atoms with Gasteiger partial charge in [-0.25, -0.2) is 9.59 Å². The van der Waals surface area contributed by atoms with Crippen LogP contribution in [0.1, 0.15) is 21.5 Å². The first-order chi connectivity index (χ1) is 10.9. The number of carboxylic acids is 2. The first-order valence-corrected chi connectivity index (χ1v) is 6.92. The highest BCUT2D eigenvalue weighted by molar-refractivity contribution is 6.31. The number of carboxylic acid groups (broad SMARTS) is 2. The van der Waals surface area contributed by atoms with E-state index in [-0.39, 0.29) is 11.1 Å². The van der Waals surface area contributed by atoms with E-state index in [2.05, 4.69) is 0 Å². The molecule has 6 heteroatoms. The molecule has 0 aliphatic heterocycles. The van der Waals surface area contributed by atoms with E-state index in [1.54, 1.807) is 12.1 Å². The van der Waals surface area contributed by atoms with Gasteiger partial charge in [0.1, 0.15) is 5.75 Å². The zero-order chi connectivity index (χ0) is 17.0. The van der Waals surface area contributed by atoms with E-state index in [1.165, 1.54) is 43.5 Å². The maximum absolute atomic E-state index is 11.6. The van der Waals surface area contributed by atoms with Gasteiger partial charge in [-0.1, -0.05) is 23.7 Å². The van der Waals surface area contributed by atoms with Crippen molar-refractivity contribution in [3.63, 3.8) is 0 Å². The topological polar surface area (TPSA) is 83.8 Å². The van der Waals surface area contributed by atoms with E-state index in [1.807, 2.05) is 0 Å². The Bertz CT molecular complexity index is 778. The molecule has 0 atom stereocenters. The molecule has 0 aliphatic carbocycles. The Labute approximate surface area is 137 Å². The summed E-state index contributed by atoms with van der Waals surface area (Å²) in [5, 5.41) is 18.7. The van der Waals surface area contributed by atoms with E-state index < -0.39 is 11.9 Å². The zero-order valence-corrected chi connectivity index (χ0v) is 12.9. The number of aliphatic carboxylic acids is 1. The number of methoxy groups -OCH3 is 1. The quantitative estimate of drug-likeness (QED) is 0.644. The number of benzene rings is 2. The Hall–Kier alpha value is -2.79. The summed E-state index contributed by atoms with van der Waals surface area (Å²) in [6.07, 6.45) is 1.43. The molecule has 0 bridgehead atoms. The fraction of sp³-hybridized carbons (Fsp3) is 0.0588. The lowest BCUT2D eigenvalue weighted by Gasteiger charge is -2.10. The van der Waals surface area contributed by atoms with E-state index in [4.69, 9.17) is 21.4 Å². The summed E-state index contributed by atoms with van der Waals surface area (Å²) < 4.78 is 5.18. The third kappa shape index (κ3) is 3.90. The number of halogens is 1. The van der Waals surface area contributed by atoms with Gasteiger partial charge in [0.25, 0.3) is 0 Å². The fourth-order valence-electron chi connectivity index (χ4n) is 2.03. The van der Waals surface area contributed by atoms with Crippen molar-refractivity contribution in [2.75, 3.05) is 7.11 Å². The maximum atomic E-state index is 11.6. The molecule has 0 saturated carbocycles. The van der Waals surface area contributed by atoms with Crippen LogP contribution < -0.4 is 4.74 Å². The number of carbonyl (C=O) groups is 2. The van der Waals surface area contributed by atoms with Crippen molar-refractivity contribution in [1.82, 2.24) is 0 Å². The van der Waals surface area contributed by atoms with Gasteiger partial charge < -0.3 is 14.9 Å². The van der Waals surface area contributed by atoms with Gasteiger partial charge in [0.2, 0.25) is 0 Å². The molecular weight excluding hydrogens is 320 g/mol. The van der Waals surface area contributed by atoms with Gasteiger partial charge in [-0.2, -0.15) is 0 Å². The van der Waals surface area contributed by atoms with E-state index in [0.717, 1.165) is 0 Å². The van der Waals surface area contributed by atoms with Crippen LogP contribution in [0.2, 0.25) is 5.02 Å². The largest absolute Gasteiger partial charge is 0.496 e. The molecule has 5 nitrogen and oxygen atoms in total. The molecular formula is C17H13ClO5. The molecule has 23 heavy (non-hydrogen) atoms. The van der Waals surface area contributed by atoms with Crippen LogP contribution in [0.5, 0.6) is 5.75 Å². The molecule has 2 rings (SSSR count). The van der Waals surface area contributed by atoms with Crippen LogP contribution >= 0.6 is 11.6 Å². The minimum absolute atomic E-state index is 0.00701. The number of hydrogen-bond acceptors (Lipinski definition) is 3. The van der Waals surface area contributed by atoms with E-state index >= 15 is 0 Å². The Morgan fingerprint density at radius 3 is 2.26 bits per heavy atom. The molecule has 2 aromatic carbocycles. The van der Waals surface area contributed by atoms with Crippen LogP contribution in [0.4, 0.5) is 0 Å². The number of rotatable bonds is 5. The highest BCUT2D eigenvalue weighted by atomic mass is 35.5. The lowest BCUT2D eigenvalue weighted by atomic mass is 10.0. The van der Waals surface area contributed by atoms with E-state index in [9.17, 15) is 14.7 Å². The second-order valence-corrected chi connectivity index (χ2v) is 5.07. The van der Waals surface area contributed by atoms with Crippen LogP contribution in [0.15, 0.2) is 42.5 Å². The molecule has 0 aromatic heterocycles. The number of aromatic carboxylic acids is 1. The second kappa shape index (κ2) is 6.98. The summed E-state index contributed by atoms with van der Waals surface area (Å²) in [4.78, 5) is 22.4. The van der Waals surface area contributed by atoms with Gasteiger partial charge in [0.15, 0.2) is 0 Å². The first-order valence-electron chi connectivity index (χ1n) is 6.54. The fourth-order valence-corrected chi connectivity index (χ4v) is 2.21. The monoisotopic (exact) mass is 332 g/mol. The molecule has 0 radical (unpaired) electrons. The van der Waals surface area contributed by atoms with E-state index in [0.29, 0.717) is 21.9 Å². The smallest absolute Gasteiger partial charge is 0.336 e. The zero-order valence-electron chi connectivity index (χ0n) is 12.1. The lowest BCUT2D eigenvalue weighted by Crippen LogP contribution is -2.02. The Balaban J connectivity index is 2.52. The van der Waals surface area contributed by atoms with Gasteiger partial charge in [0.05, 0.1) is 18.2 Å². The van der Waals surface area contributed by atoms with Crippen LogP contribution in [0, 0.1) is 0 Å². The Morgan fingerprint density at radius 2 is 1.74 bits per heavy atom. The van der Waals surface area contributed by atoms with Gasteiger partial charge in [-0.05, 0) is 42.0 Å². The standard InChI is InChI=1S/C17H13ClO5/c1-23-15-7-6-12(18)9-13(15)14(17(21)22)8-10-2-4-11(5-3-10)16(19)20/h2-9H,1H3,(H,19,20)(H,21,22)/b14-8-. The average molecular weight is 333 g/mol. The van der Waals surface area contributed by atoms with Crippen molar-refractivity contribution in [1.29, 1.82) is 0 Å². The number of ether oxygens (including phenoxy) is 1. The van der Waals surface area contributed by atoms with Gasteiger partial charge >= 0.3 is 11.9 Å². The molecule has 0 amide bonds. The van der Waals surface area contributed by atoms with Crippen molar-refractivity contribution in [2.24, 2.45) is 0 Å². The molecule has 0 fully saturated rings. The summed E-state index contributed by atoms with van der Waals surface area (Å²) in [7, 11) is 1.44. The molecule has 0 unspecified atom stereocenters. The predicted octanol–water partition coefficient (Wildman–Crippen LogP) is 3.67. The van der Waals surface area contributed by atoms with Crippen molar-refractivity contribution in [3.8, 4) is 5.75 Å². The average Bonchev–Trinajstić information content (AvgIpc) is 2.52. The normalized spacial score (nSPS) is 11.1. The maximum Gasteiger partial charge on any atom is 0.336 e. The molecule has 0 heterocycles. The van der Waals surface area contributed by atoms with Gasteiger partial charge in [0, 0.05) is 10.6 Å². The van der Waals surface area contributed by atoms with Crippen molar-refractivity contribution in [2.45, 2.75) is 0 Å². The SMILES string of the molecule is COc1ccc(Cl)cc1/C(=C/c1ccc(C(=O)O)cc1)C(=O)O. The molecule has 0 spiro atoms. The molecule has 2 aromatic rings. The van der Waals surface area contributed by atoms with Crippen molar-refractivity contribution >= 4 is 35.2 Å². The lowest BCUT2D eigenvalue weighted by molar-refractivity contribution is -0.130.